The van der Waals surface area contributed by atoms with E-state index >= 15 is 0 Å². The normalized spacial score (nSPS) is 19.8. The molecular weight excluding hydrogens is 752 g/mol. The molecule has 1 aliphatic heterocycles. The van der Waals surface area contributed by atoms with E-state index < -0.39 is 88.5 Å². The van der Waals surface area contributed by atoms with E-state index in [4.69, 9.17) is 10.5 Å². The van der Waals surface area contributed by atoms with E-state index in [-0.39, 0.29) is 39.2 Å². The van der Waals surface area contributed by atoms with Gasteiger partial charge in [0, 0.05) is 0 Å². The fourth-order valence-electron chi connectivity index (χ4n) is 5.26. The molecule has 53 heavy (non-hydrogen) atoms. The van der Waals surface area contributed by atoms with Gasteiger partial charge in [-0.25, -0.2) is 38.4 Å². The highest BCUT2D eigenvalue weighted by Gasteiger charge is 2.42. The molecular formula is C27H30N9O15P2+. The lowest BCUT2D eigenvalue weighted by Crippen LogP contribution is -2.48. The van der Waals surface area contributed by atoms with Crippen LogP contribution in [0.3, 0.4) is 0 Å². The van der Waals surface area contributed by atoms with E-state index in [0.717, 1.165) is 22.0 Å². The van der Waals surface area contributed by atoms with Gasteiger partial charge in [0.25, 0.3) is 5.56 Å². The number of benzene rings is 1. The molecule has 0 saturated heterocycles. The zero-order valence-corrected chi connectivity index (χ0v) is 29.0. The van der Waals surface area contributed by atoms with Crippen LogP contribution in [0.2, 0.25) is 0 Å². The van der Waals surface area contributed by atoms with E-state index in [2.05, 4.69) is 38.3 Å². The van der Waals surface area contributed by atoms with E-state index in [1.54, 1.807) is 26.0 Å². The number of aromatic nitrogens is 8. The van der Waals surface area contributed by atoms with Gasteiger partial charge in [-0.05, 0) is 37.1 Å². The number of phosphoric ester groups is 2. The highest BCUT2D eigenvalue weighted by molar-refractivity contribution is 7.61. The third-order valence-electron chi connectivity index (χ3n) is 8.03. The van der Waals surface area contributed by atoms with Crippen molar-refractivity contribution in [3.05, 3.63) is 68.3 Å². The number of aliphatic hydroxyl groups is 4. The van der Waals surface area contributed by atoms with Crippen LogP contribution in [0.4, 0.5) is 5.82 Å². The molecule has 26 heteroatoms. The summed E-state index contributed by atoms with van der Waals surface area (Å²) >= 11 is 0. The number of nitrogens with one attached hydrogen (secondary N) is 2. The quantitative estimate of drug-likeness (QED) is 0.0387. The fourth-order valence-corrected chi connectivity index (χ4v) is 7.35. The molecule has 0 fully saturated rings. The number of imidazole rings is 1. The van der Waals surface area contributed by atoms with Gasteiger partial charge in [-0.2, -0.15) is 9.29 Å². The van der Waals surface area contributed by atoms with Gasteiger partial charge in [-0.15, -0.1) is 0 Å². The number of ketones is 1. The number of phosphoric acid groups is 2. The molecule has 2 unspecified atom stereocenters. The largest absolute Gasteiger partial charge is 0.506 e. The van der Waals surface area contributed by atoms with Crippen LogP contribution in [0.15, 0.2) is 45.9 Å². The molecule has 6 rings (SSSR count). The number of hydrogen-bond acceptors (Lipinski definition) is 18. The van der Waals surface area contributed by atoms with Crippen LogP contribution in [0.1, 0.15) is 17.4 Å². The van der Waals surface area contributed by atoms with Gasteiger partial charge >= 0.3 is 27.0 Å². The van der Waals surface area contributed by atoms with E-state index in [9.17, 15) is 53.7 Å². The molecule has 0 bridgehead atoms. The second-order valence-corrected chi connectivity index (χ2v) is 14.7. The molecule has 0 radical (unpaired) electrons. The summed E-state index contributed by atoms with van der Waals surface area (Å²) in [5, 5.41) is 41.8. The van der Waals surface area contributed by atoms with Crippen molar-refractivity contribution in [3.63, 3.8) is 0 Å². The standard InChI is InChI=1S/C27H29N9O15P2/c1-10-3-12-13(4-11(10)2)35(24-18(32-12)25(42)34-27(43)33-24)5-14(37)19(39)15(38)6-48-52(44,45)51-53(46,47)49-7-16-20(40)21(41)26(50-16)36-9-31-17-22(28)29-8-30-23(17)36/h3-4,8-9,15-16,19,26,38-39H,5-7H2,1-2H3,(H7,28,29,30,32,33,34,40,41,42,43,44,45,46,47)/p+1/t15-,16+,19+,26-/m1/s1. The molecule has 4 aromatic heterocycles. The van der Waals surface area contributed by atoms with Crippen molar-refractivity contribution in [2.45, 2.75) is 44.9 Å². The number of aromatic amines is 2. The van der Waals surface area contributed by atoms with Crippen LogP contribution in [0.5, 0.6) is 0 Å². The topological polar surface area (TPSA) is 362 Å². The van der Waals surface area contributed by atoms with Crippen molar-refractivity contribution in [2.24, 2.45) is 0 Å². The first-order chi connectivity index (χ1) is 24.9. The molecule has 5 heterocycles. The lowest BCUT2D eigenvalue weighted by molar-refractivity contribution is -0.634. The third-order valence-corrected chi connectivity index (χ3v) is 10.6. The van der Waals surface area contributed by atoms with E-state index in [0.29, 0.717) is 0 Å². The lowest BCUT2D eigenvalue weighted by atomic mass is 10.1. The van der Waals surface area contributed by atoms with E-state index in [1.165, 1.54) is 10.9 Å². The summed E-state index contributed by atoms with van der Waals surface area (Å²) in [5.74, 6) is -2.69. The Morgan fingerprint density at radius 3 is 2.47 bits per heavy atom. The third kappa shape index (κ3) is 7.59. The highest BCUT2D eigenvalue weighted by Crippen LogP contribution is 2.60. The second-order valence-electron chi connectivity index (χ2n) is 11.6. The number of H-pyrrole nitrogens is 2. The van der Waals surface area contributed by atoms with Crippen molar-refractivity contribution in [3.8, 4) is 0 Å². The maximum atomic E-state index is 13.1. The Hall–Kier alpha value is -5.00. The fraction of sp³-hybridized carbons (Fsp3) is 0.333. The number of fused-ring (bicyclic) bond motifs is 3. The molecule has 6 atom stereocenters. The summed E-state index contributed by atoms with van der Waals surface area (Å²) < 4.78 is 46.2. The summed E-state index contributed by atoms with van der Waals surface area (Å²) in [6.07, 6.45) is -5.30. The summed E-state index contributed by atoms with van der Waals surface area (Å²) in [7, 11) is -11.1. The number of aliphatic hydroxyl groups excluding tert-OH is 4. The van der Waals surface area contributed by atoms with Crippen LogP contribution in [-0.4, -0.2) is 102 Å². The maximum Gasteiger partial charge on any atom is 0.481 e. The molecule has 24 nitrogen and oxygen atoms in total. The van der Waals surface area contributed by atoms with Gasteiger partial charge in [0.2, 0.25) is 11.3 Å². The molecule has 1 aromatic carbocycles. The number of nitrogen functional groups attached to an aromatic ring is 1. The Morgan fingerprint density at radius 1 is 1.04 bits per heavy atom. The first-order valence-corrected chi connectivity index (χ1v) is 18.1. The van der Waals surface area contributed by atoms with E-state index in [1.807, 2.05) is 4.98 Å². The number of aryl methyl sites for hydroxylation is 2. The van der Waals surface area contributed by atoms with Crippen LogP contribution in [-0.2, 0) is 38.6 Å². The molecule has 1 aliphatic rings. The molecule has 0 amide bonds. The van der Waals surface area contributed by atoms with Crippen LogP contribution < -0.4 is 21.5 Å². The number of nitrogens with zero attached hydrogens (tertiary/aromatic N) is 6. The van der Waals surface area contributed by atoms with Gasteiger partial charge in [0.05, 0.1) is 19.5 Å². The highest BCUT2D eigenvalue weighted by atomic mass is 31.3. The van der Waals surface area contributed by atoms with Crippen molar-refractivity contribution in [1.82, 2.24) is 34.5 Å². The molecule has 5 aromatic rings. The molecule has 0 spiro atoms. The van der Waals surface area contributed by atoms with Gasteiger partial charge in [0.15, 0.2) is 41.3 Å². The number of hydrogen-bond donors (Lipinski definition) is 9. The van der Waals surface area contributed by atoms with Crippen LogP contribution in [0.25, 0.3) is 33.4 Å². The summed E-state index contributed by atoms with van der Waals surface area (Å²) in [6, 6.07) is 3.25. The maximum absolute atomic E-state index is 13.1. The predicted octanol–water partition coefficient (Wildman–Crippen LogP) is -1.14. The molecule has 282 valence electrons. The molecule has 0 saturated carbocycles. The first kappa shape index (κ1) is 37.7. The summed E-state index contributed by atoms with van der Waals surface area (Å²) in [6.45, 7) is 0.475. The van der Waals surface area contributed by atoms with Gasteiger partial charge in [-0.1, -0.05) is 0 Å². The average molecular weight is 783 g/mol. The predicted molar refractivity (Wildman–Crippen MR) is 176 cm³/mol. The Balaban J connectivity index is 1.08. The number of Topliss-reactive ketones (excluding diaryl/α,β-unsaturated/α-hetero) is 1. The average Bonchev–Trinajstić information content (AvgIpc) is 3.63. The number of anilines is 1. The number of carbonyl (C=O) groups excluding carboxylic acids is 1. The van der Waals surface area contributed by atoms with Crippen molar-refractivity contribution in [1.29, 1.82) is 0 Å². The monoisotopic (exact) mass is 782 g/mol. The van der Waals surface area contributed by atoms with Gasteiger partial charge in [-0.3, -0.25) is 28.2 Å². The zero-order chi connectivity index (χ0) is 38.6. The summed E-state index contributed by atoms with van der Waals surface area (Å²) in [4.78, 5) is 78.3. The zero-order valence-electron chi connectivity index (χ0n) is 27.3. The molecule has 10 N–H and O–H groups in total. The van der Waals surface area contributed by atoms with Crippen molar-refractivity contribution < 1.29 is 66.8 Å². The number of ether oxygens (including phenoxy) is 1. The SMILES string of the molecule is Cc1cc2nc3c(=O)[nH]c(=O)[nH]c3[n+](CC(=O)[C@H](O)[C@H](O)COP(=O)(O)OP(=O)(O)OC[C@@H]3O[C@@H](n4cnc5c(N)ncnc54)C(O)=C3O)c2cc1C. The second kappa shape index (κ2) is 14.1. The summed E-state index contributed by atoms with van der Waals surface area (Å²) in [5.41, 5.74) is 5.87. The number of rotatable bonds is 13. The Morgan fingerprint density at radius 2 is 1.74 bits per heavy atom. The number of carbonyl (C=O) groups is 1. The smallest absolute Gasteiger partial charge is 0.481 e. The van der Waals surface area contributed by atoms with Crippen LogP contribution in [0, 0.1) is 13.8 Å². The Labute approximate surface area is 294 Å². The number of nitrogens with two attached hydrogens (primary N) is 1. The first-order valence-electron chi connectivity index (χ1n) is 15.1. The molecule has 0 aliphatic carbocycles. The van der Waals surface area contributed by atoms with Crippen molar-refractivity contribution >= 4 is 60.6 Å². The minimum Gasteiger partial charge on any atom is -0.506 e. The van der Waals surface area contributed by atoms with Crippen LogP contribution >= 0.6 is 15.6 Å². The minimum absolute atomic E-state index is 0.0102. The van der Waals surface area contributed by atoms with Gasteiger partial charge < -0.3 is 40.7 Å². The Bertz CT molecular complexity index is 2540. The van der Waals surface area contributed by atoms with Crippen molar-refractivity contribution in [2.75, 3.05) is 18.9 Å². The lowest BCUT2D eigenvalue weighted by Gasteiger charge is -2.21. The minimum atomic E-state index is -5.58. The Kier molecular flexibility index (Phi) is 10.0. The van der Waals surface area contributed by atoms with Gasteiger partial charge in [0.1, 0.15) is 35.7 Å².